The van der Waals surface area contributed by atoms with Gasteiger partial charge in [-0.25, -0.2) is 0 Å². The van der Waals surface area contributed by atoms with E-state index in [4.69, 9.17) is 16.0 Å². The summed E-state index contributed by atoms with van der Waals surface area (Å²) in [6.45, 7) is 0.357. The van der Waals surface area contributed by atoms with Gasteiger partial charge in [0.05, 0.1) is 0 Å². The fourth-order valence-corrected chi connectivity index (χ4v) is 3.01. The van der Waals surface area contributed by atoms with Crippen molar-refractivity contribution in [1.82, 2.24) is 5.32 Å². The molecular formula is C20H14ClNO2. The number of nitrogens with one attached hydrogen (secondary N) is 1. The maximum absolute atomic E-state index is 12.4. The average molecular weight is 336 g/mol. The van der Waals surface area contributed by atoms with E-state index in [0.29, 0.717) is 22.9 Å². The van der Waals surface area contributed by atoms with Gasteiger partial charge in [0, 0.05) is 17.0 Å². The van der Waals surface area contributed by atoms with Crippen LogP contribution in [0.15, 0.2) is 71.1 Å². The number of benzene rings is 3. The summed E-state index contributed by atoms with van der Waals surface area (Å²) in [5, 5.41) is 6.61. The Morgan fingerprint density at radius 2 is 1.75 bits per heavy atom. The summed E-state index contributed by atoms with van der Waals surface area (Å²) in [5.41, 5.74) is 1.57. The molecule has 0 atom stereocenters. The molecule has 0 unspecified atom stereocenters. The van der Waals surface area contributed by atoms with Gasteiger partial charge >= 0.3 is 0 Å². The first-order chi connectivity index (χ1) is 11.7. The maximum atomic E-state index is 12.4. The molecule has 0 bridgehead atoms. The molecule has 4 aromatic rings. The molecule has 3 nitrogen and oxygen atoms in total. The molecule has 4 heteroatoms. The number of halogens is 1. The molecule has 0 aliphatic heterocycles. The van der Waals surface area contributed by atoms with Crippen molar-refractivity contribution in [3.05, 3.63) is 83.1 Å². The minimum absolute atomic E-state index is 0.254. The molecule has 1 heterocycles. The summed E-state index contributed by atoms with van der Waals surface area (Å²) < 4.78 is 5.71. The third kappa shape index (κ3) is 2.63. The highest BCUT2D eigenvalue weighted by Gasteiger charge is 2.14. The lowest BCUT2D eigenvalue weighted by molar-refractivity contribution is 0.0925. The standard InChI is InChI=1S/C20H14ClNO2/c21-17-8-4-2-6-14(17)12-22-20(23)19-11-16-15-7-3-1-5-13(15)9-10-18(16)24-19/h1-11H,12H2,(H,22,23). The highest BCUT2D eigenvalue weighted by Crippen LogP contribution is 2.28. The van der Waals surface area contributed by atoms with Gasteiger partial charge in [-0.05, 0) is 34.5 Å². The lowest BCUT2D eigenvalue weighted by Crippen LogP contribution is -2.22. The smallest absolute Gasteiger partial charge is 0.287 e. The quantitative estimate of drug-likeness (QED) is 0.561. The number of fused-ring (bicyclic) bond motifs is 3. The Labute approximate surface area is 143 Å². The van der Waals surface area contributed by atoms with Crippen molar-refractivity contribution in [1.29, 1.82) is 0 Å². The number of amides is 1. The van der Waals surface area contributed by atoms with Crippen LogP contribution < -0.4 is 5.32 Å². The summed E-state index contributed by atoms with van der Waals surface area (Å²) in [4.78, 5) is 12.4. The molecule has 1 N–H and O–H groups in total. The molecule has 3 aromatic carbocycles. The fourth-order valence-electron chi connectivity index (χ4n) is 2.81. The monoisotopic (exact) mass is 335 g/mol. The topological polar surface area (TPSA) is 42.2 Å². The highest BCUT2D eigenvalue weighted by molar-refractivity contribution is 6.31. The number of furan rings is 1. The molecule has 118 valence electrons. The van der Waals surface area contributed by atoms with E-state index in [1.807, 2.05) is 54.6 Å². The highest BCUT2D eigenvalue weighted by atomic mass is 35.5. The molecule has 0 radical (unpaired) electrons. The van der Waals surface area contributed by atoms with E-state index in [2.05, 4.69) is 5.32 Å². The Bertz CT molecular complexity index is 1050. The van der Waals surface area contributed by atoms with Gasteiger partial charge in [0.25, 0.3) is 5.91 Å². The van der Waals surface area contributed by atoms with Crippen molar-refractivity contribution in [3.8, 4) is 0 Å². The number of carbonyl (C=O) groups excluding carboxylic acids is 1. The van der Waals surface area contributed by atoms with Gasteiger partial charge in [0.1, 0.15) is 5.58 Å². The van der Waals surface area contributed by atoms with Crippen LogP contribution in [0.4, 0.5) is 0 Å². The van der Waals surface area contributed by atoms with E-state index in [0.717, 1.165) is 21.7 Å². The zero-order chi connectivity index (χ0) is 16.5. The fraction of sp³-hybridized carbons (Fsp3) is 0.0500. The molecule has 0 fully saturated rings. The van der Waals surface area contributed by atoms with E-state index in [-0.39, 0.29) is 5.91 Å². The summed E-state index contributed by atoms with van der Waals surface area (Å²) in [7, 11) is 0. The SMILES string of the molecule is O=C(NCc1ccccc1Cl)c1cc2c(ccc3ccccc32)o1. The lowest BCUT2D eigenvalue weighted by Gasteiger charge is -2.04. The first kappa shape index (κ1) is 14.8. The first-order valence-corrected chi connectivity index (χ1v) is 8.03. The van der Waals surface area contributed by atoms with E-state index in [1.54, 1.807) is 12.1 Å². The van der Waals surface area contributed by atoms with E-state index in [9.17, 15) is 4.79 Å². The van der Waals surface area contributed by atoms with Crippen molar-refractivity contribution in [2.75, 3.05) is 0 Å². The predicted molar refractivity (Wildman–Crippen MR) is 96.3 cm³/mol. The van der Waals surface area contributed by atoms with Gasteiger partial charge < -0.3 is 9.73 Å². The van der Waals surface area contributed by atoms with Gasteiger partial charge in [0.15, 0.2) is 5.76 Å². The van der Waals surface area contributed by atoms with Gasteiger partial charge in [0.2, 0.25) is 0 Å². The van der Waals surface area contributed by atoms with Crippen molar-refractivity contribution in [2.24, 2.45) is 0 Å². The van der Waals surface area contributed by atoms with Gasteiger partial charge in [-0.1, -0.05) is 60.1 Å². The first-order valence-electron chi connectivity index (χ1n) is 7.65. The molecule has 0 saturated carbocycles. The van der Waals surface area contributed by atoms with Crippen LogP contribution in [0.5, 0.6) is 0 Å². The summed E-state index contributed by atoms with van der Waals surface area (Å²) in [5.74, 6) is 0.0450. The lowest BCUT2D eigenvalue weighted by atomic mass is 10.1. The minimum atomic E-state index is -0.254. The average Bonchev–Trinajstić information content (AvgIpc) is 3.05. The Morgan fingerprint density at radius 1 is 0.958 bits per heavy atom. The van der Waals surface area contributed by atoms with E-state index < -0.39 is 0 Å². The molecule has 0 aliphatic rings. The van der Waals surface area contributed by atoms with Crippen LogP contribution in [0.2, 0.25) is 5.02 Å². The second-order valence-electron chi connectivity index (χ2n) is 5.58. The Kier molecular flexibility index (Phi) is 3.71. The number of carbonyl (C=O) groups is 1. The molecule has 4 rings (SSSR count). The molecular weight excluding hydrogens is 322 g/mol. The van der Waals surface area contributed by atoms with Crippen LogP contribution >= 0.6 is 11.6 Å². The van der Waals surface area contributed by atoms with Crippen molar-refractivity contribution in [2.45, 2.75) is 6.54 Å². The molecule has 0 spiro atoms. The largest absolute Gasteiger partial charge is 0.451 e. The third-order valence-electron chi connectivity index (χ3n) is 4.05. The Hall–Kier alpha value is -2.78. The second-order valence-corrected chi connectivity index (χ2v) is 5.99. The third-order valence-corrected chi connectivity index (χ3v) is 4.42. The molecule has 0 aliphatic carbocycles. The van der Waals surface area contributed by atoms with Crippen LogP contribution in [-0.4, -0.2) is 5.91 Å². The van der Waals surface area contributed by atoms with Crippen LogP contribution in [0.25, 0.3) is 21.7 Å². The summed E-state index contributed by atoms with van der Waals surface area (Å²) >= 11 is 6.11. The van der Waals surface area contributed by atoms with Crippen molar-refractivity contribution < 1.29 is 9.21 Å². The van der Waals surface area contributed by atoms with Gasteiger partial charge in [-0.3, -0.25) is 4.79 Å². The Balaban J connectivity index is 1.63. The van der Waals surface area contributed by atoms with Crippen LogP contribution in [0, 0.1) is 0 Å². The molecule has 0 saturated heterocycles. The maximum Gasteiger partial charge on any atom is 0.287 e. The van der Waals surface area contributed by atoms with E-state index >= 15 is 0 Å². The van der Waals surface area contributed by atoms with Gasteiger partial charge in [-0.15, -0.1) is 0 Å². The zero-order valence-electron chi connectivity index (χ0n) is 12.8. The van der Waals surface area contributed by atoms with Gasteiger partial charge in [-0.2, -0.15) is 0 Å². The Morgan fingerprint density at radius 3 is 2.62 bits per heavy atom. The number of hydrogen-bond donors (Lipinski definition) is 1. The second kappa shape index (κ2) is 6.02. The van der Waals surface area contributed by atoms with Crippen LogP contribution in [0.1, 0.15) is 16.1 Å². The predicted octanol–water partition coefficient (Wildman–Crippen LogP) is 5.17. The molecule has 1 amide bonds. The van der Waals surface area contributed by atoms with E-state index in [1.165, 1.54) is 0 Å². The normalized spacial score (nSPS) is 11.0. The number of hydrogen-bond acceptors (Lipinski definition) is 2. The molecule has 1 aromatic heterocycles. The minimum Gasteiger partial charge on any atom is -0.451 e. The summed E-state index contributed by atoms with van der Waals surface area (Å²) in [6, 6.07) is 21.1. The zero-order valence-corrected chi connectivity index (χ0v) is 13.5. The number of rotatable bonds is 3. The summed E-state index contributed by atoms with van der Waals surface area (Å²) in [6.07, 6.45) is 0. The van der Waals surface area contributed by atoms with Crippen LogP contribution in [-0.2, 0) is 6.54 Å². The molecule has 24 heavy (non-hydrogen) atoms. The van der Waals surface area contributed by atoms with Crippen LogP contribution in [0.3, 0.4) is 0 Å². The van der Waals surface area contributed by atoms with Crippen molar-refractivity contribution >= 4 is 39.2 Å². The van der Waals surface area contributed by atoms with Crippen molar-refractivity contribution in [3.63, 3.8) is 0 Å².